The topological polar surface area (TPSA) is 83.6 Å². The van der Waals surface area contributed by atoms with E-state index in [0.29, 0.717) is 17.8 Å². The molecule has 2 amide bonds. The Balaban J connectivity index is 1.33. The van der Waals surface area contributed by atoms with Crippen molar-refractivity contribution in [2.75, 3.05) is 23.3 Å². The largest absolute Gasteiger partial charge is 0.489 e. The molecule has 3 aromatic rings. The van der Waals surface area contributed by atoms with Gasteiger partial charge in [-0.1, -0.05) is 24.3 Å². The van der Waals surface area contributed by atoms with E-state index in [1.54, 1.807) is 29.4 Å². The van der Waals surface area contributed by atoms with Gasteiger partial charge in [0.05, 0.1) is 24.2 Å². The second-order valence-corrected chi connectivity index (χ2v) is 8.05. The average molecular weight is 428 g/mol. The summed E-state index contributed by atoms with van der Waals surface area (Å²) in [7, 11) is 0. The Morgan fingerprint density at radius 2 is 2.09 bits per heavy atom. The van der Waals surface area contributed by atoms with Crippen LogP contribution < -0.4 is 20.3 Å². The zero-order valence-electron chi connectivity index (χ0n) is 17.6. The Kier molecular flexibility index (Phi) is 5.56. The summed E-state index contributed by atoms with van der Waals surface area (Å²) in [5.41, 5.74) is 3.56. The van der Waals surface area contributed by atoms with Gasteiger partial charge in [0, 0.05) is 30.7 Å². The number of pyridine rings is 1. The molecule has 3 heterocycles. The Morgan fingerprint density at radius 1 is 1.19 bits per heavy atom. The Labute approximate surface area is 186 Å². The number of hydrogen-bond donors (Lipinski definition) is 2. The number of amides is 2. The van der Waals surface area contributed by atoms with Crippen molar-refractivity contribution >= 4 is 23.2 Å². The zero-order chi connectivity index (χ0) is 21.9. The zero-order valence-corrected chi connectivity index (χ0v) is 17.6. The summed E-state index contributed by atoms with van der Waals surface area (Å²) in [5.74, 6) is 0.445. The summed E-state index contributed by atoms with van der Waals surface area (Å²) < 4.78 is 6.06. The Morgan fingerprint density at radius 3 is 2.91 bits per heavy atom. The van der Waals surface area contributed by atoms with Gasteiger partial charge >= 0.3 is 0 Å². The number of nitrogens with zero attached hydrogens (tertiary/aromatic N) is 2. The van der Waals surface area contributed by atoms with Crippen molar-refractivity contribution in [1.29, 1.82) is 0 Å². The number of aromatic nitrogens is 1. The van der Waals surface area contributed by atoms with Gasteiger partial charge in [-0.15, -0.1) is 0 Å². The summed E-state index contributed by atoms with van der Waals surface area (Å²) >= 11 is 0. The van der Waals surface area contributed by atoms with Gasteiger partial charge in [0.15, 0.2) is 0 Å². The standard InChI is InChI=1S/C25H24N4O3/c30-23(12-17-4-3-10-26-14-17)28-22-8-1-5-18-16-29(25(31)24(18)22)19-6-2-7-20(13-19)32-21-9-11-27-15-21/h1-8,10,13-14,21,27H,9,11-12,15-16H2,(H,28,30)/t21-/m1/s1. The molecule has 7 heteroatoms. The molecule has 162 valence electrons. The summed E-state index contributed by atoms with van der Waals surface area (Å²) in [6.07, 6.45) is 4.66. The molecule has 0 aliphatic carbocycles. The first-order chi connectivity index (χ1) is 15.7. The number of carbonyl (C=O) groups excluding carboxylic acids is 2. The van der Waals surface area contributed by atoms with Crippen LogP contribution in [0.3, 0.4) is 0 Å². The fraction of sp³-hybridized carbons (Fsp3) is 0.240. The van der Waals surface area contributed by atoms with Crippen molar-refractivity contribution in [3.8, 4) is 5.75 Å². The third-order valence-corrected chi connectivity index (χ3v) is 5.75. The highest BCUT2D eigenvalue weighted by atomic mass is 16.5. The normalized spacial score (nSPS) is 17.3. The first-order valence-electron chi connectivity index (χ1n) is 10.8. The maximum atomic E-state index is 13.3. The molecule has 0 bridgehead atoms. The fourth-order valence-electron chi connectivity index (χ4n) is 4.20. The Bertz CT molecular complexity index is 1140. The van der Waals surface area contributed by atoms with E-state index in [0.717, 1.165) is 42.1 Å². The number of carbonyl (C=O) groups is 2. The van der Waals surface area contributed by atoms with Gasteiger partial charge in [0.2, 0.25) is 5.91 Å². The second-order valence-electron chi connectivity index (χ2n) is 8.05. The van der Waals surface area contributed by atoms with Crippen LogP contribution in [0.4, 0.5) is 11.4 Å². The minimum absolute atomic E-state index is 0.128. The molecule has 32 heavy (non-hydrogen) atoms. The number of rotatable bonds is 6. The molecule has 2 aromatic carbocycles. The van der Waals surface area contributed by atoms with Crippen LogP contribution in [-0.2, 0) is 17.8 Å². The van der Waals surface area contributed by atoms with Gasteiger partial charge < -0.3 is 20.3 Å². The van der Waals surface area contributed by atoms with E-state index in [1.807, 2.05) is 42.5 Å². The van der Waals surface area contributed by atoms with Crippen LogP contribution in [0.2, 0.25) is 0 Å². The number of benzene rings is 2. The number of nitrogens with one attached hydrogen (secondary N) is 2. The lowest BCUT2D eigenvalue weighted by molar-refractivity contribution is -0.115. The van der Waals surface area contributed by atoms with Crippen molar-refractivity contribution in [2.24, 2.45) is 0 Å². The molecule has 7 nitrogen and oxygen atoms in total. The van der Waals surface area contributed by atoms with Gasteiger partial charge in [-0.25, -0.2) is 0 Å². The van der Waals surface area contributed by atoms with E-state index >= 15 is 0 Å². The first-order valence-corrected chi connectivity index (χ1v) is 10.8. The van der Waals surface area contributed by atoms with Crippen molar-refractivity contribution in [3.05, 3.63) is 83.7 Å². The lowest BCUT2D eigenvalue weighted by Crippen LogP contribution is -2.24. The minimum atomic E-state index is -0.182. The number of fused-ring (bicyclic) bond motifs is 1. The molecule has 2 aliphatic rings. The van der Waals surface area contributed by atoms with Crippen LogP contribution in [0.5, 0.6) is 5.75 Å². The van der Waals surface area contributed by atoms with E-state index in [-0.39, 0.29) is 24.3 Å². The van der Waals surface area contributed by atoms with Crippen molar-refractivity contribution in [2.45, 2.75) is 25.5 Å². The highest BCUT2D eigenvalue weighted by Crippen LogP contribution is 2.34. The molecule has 5 rings (SSSR count). The predicted octanol–water partition coefficient (Wildman–Crippen LogP) is 3.16. The molecule has 0 radical (unpaired) electrons. The second kappa shape index (κ2) is 8.80. The van der Waals surface area contributed by atoms with E-state index in [4.69, 9.17) is 4.74 Å². The van der Waals surface area contributed by atoms with Gasteiger partial charge in [0.25, 0.3) is 5.91 Å². The van der Waals surface area contributed by atoms with E-state index in [2.05, 4.69) is 15.6 Å². The van der Waals surface area contributed by atoms with Gasteiger partial charge in [-0.05, 0) is 48.4 Å². The van der Waals surface area contributed by atoms with E-state index in [9.17, 15) is 9.59 Å². The molecule has 1 atom stereocenters. The van der Waals surface area contributed by atoms with Gasteiger partial charge in [0.1, 0.15) is 11.9 Å². The highest BCUT2D eigenvalue weighted by molar-refractivity contribution is 6.15. The molecule has 2 N–H and O–H groups in total. The van der Waals surface area contributed by atoms with Crippen LogP contribution in [0.1, 0.15) is 27.9 Å². The lowest BCUT2D eigenvalue weighted by atomic mass is 10.1. The molecule has 0 unspecified atom stereocenters. The SMILES string of the molecule is O=C(Cc1cccnc1)Nc1cccc2c1C(=O)N(c1cccc(O[C@@H]3CCNC3)c1)C2. The minimum Gasteiger partial charge on any atom is -0.489 e. The third-order valence-electron chi connectivity index (χ3n) is 5.75. The van der Waals surface area contributed by atoms with Crippen molar-refractivity contribution in [3.63, 3.8) is 0 Å². The molecule has 1 saturated heterocycles. The number of anilines is 2. The quantitative estimate of drug-likeness (QED) is 0.630. The monoisotopic (exact) mass is 428 g/mol. The average Bonchev–Trinajstić information content (AvgIpc) is 3.43. The van der Waals surface area contributed by atoms with Crippen LogP contribution in [0.15, 0.2) is 67.0 Å². The van der Waals surface area contributed by atoms with Crippen LogP contribution >= 0.6 is 0 Å². The van der Waals surface area contributed by atoms with E-state index in [1.165, 1.54) is 0 Å². The first kappa shape index (κ1) is 20.2. The molecular formula is C25H24N4O3. The summed E-state index contributed by atoms with van der Waals surface area (Å²) in [6, 6.07) is 16.8. The summed E-state index contributed by atoms with van der Waals surface area (Å²) in [4.78, 5) is 31.7. The van der Waals surface area contributed by atoms with Crippen LogP contribution in [0.25, 0.3) is 0 Å². The molecule has 0 saturated carbocycles. The number of ether oxygens (including phenoxy) is 1. The summed E-state index contributed by atoms with van der Waals surface area (Å²) in [6.45, 7) is 2.24. The maximum absolute atomic E-state index is 13.3. The maximum Gasteiger partial charge on any atom is 0.261 e. The predicted molar refractivity (Wildman–Crippen MR) is 122 cm³/mol. The lowest BCUT2D eigenvalue weighted by Gasteiger charge is -2.18. The van der Waals surface area contributed by atoms with Gasteiger partial charge in [-0.2, -0.15) is 0 Å². The van der Waals surface area contributed by atoms with Gasteiger partial charge in [-0.3, -0.25) is 14.6 Å². The van der Waals surface area contributed by atoms with Crippen molar-refractivity contribution in [1.82, 2.24) is 10.3 Å². The smallest absolute Gasteiger partial charge is 0.261 e. The van der Waals surface area contributed by atoms with Crippen molar-refractivity contribution < 1.29 is 14.3 Å². The van der Waals surface area contributed by atoms with E-state index < -0.39 is 0 Å². The van der Waals surface area contributed by atoms with Crippen LogP contribution in [0, 0.1) is 0 Å². The highest BCUT2D eigenvalue weighted by Gasteiger charge is 2.31. The number of hydrogen-bond acceptors (Lipinski definition) is 5. The molecular weight excluding hydrogens is 404 g/mol. The summed E-state index contributed by atoms with van der Waals surface area (Å²) in [5, 5.41) is 6.20. The molecule has 1 fully saturated rings. The molecule has 1 aromatic heterocycles. The third kappa shape index (κ3) is 4.20. The van der Waals surface area contributed by atoms with Crippen LogP contribution in [-0.4, -0.2) is 36.0 Å². The fourth-order valence-corrected chi connectivity index (χ4v) is 4.20. The Hall–Kier alpha value is -3.71. The molecule has 2 aliphatic heterocycles. The molecule has 0 spiro atoms.